The normalized spacial score (nSPS) is 50.6. The van der Waals surface area contributed by atoms with Crippen molar-refractivity contribution < 1.29 is 9.90 Å². The van der Waals surface area contributed by atoms with Gasteiger partial charge in [0.25, 0.3) is 0 Å². The monoisotopic (exact) mass is 316 g/mol. The van der Waals surface area contributed by atoms with Crippen molar-refractivity contribution in [2.75, 3.05) is 0 Å². The maximum Gasteiger partial charge on any atom is 0.155 e. The van der Waals surface area contributed by atoms with Gasteiger partial charge in [-0.15, -0.1) is 0 Å². The average molecular weight is 316 g/mol. The number of hydrogen-bond acceptors (Lipinski definition) is 2. The van der Waals surface area contributed by atoms with Gasteiger partial charge >= 0.3 is 0 Å². The van der Waals surface area contributed by atoms with Crippen LogP contribution in [0.3, 0.4) is 0 Å². The van der Waals surface area contributed by atoms with Gasteiger partial charge in [0.05, 0.1) is 6.10 Å². The molecule has 3 unspecified atom stereocenters. The van der Waals surface area contributed by atoms with Crippen LogP contribution in [-0.2, 0) is 4.79 Å². The summed E-state index contributed by atoms with van der Waals surface area (Å²) in [5.41, 5.74) is 2.09. The Bertz CT molecular complexity index is 548. The quantitative estimate of drug-likeness (QED) is 0.772. The van der Waals surface area contributed by atoms with Gasteiger partial charge in [0.1, 0.15) is 0 Å². The van der Waals surface area contributed by atoms with Gasteiger partial charge in [-0.3, -0.25) is 4.79 Å². The molecule has 0 saturated heterocycles. The van der Waals surface area contributed by atoms with Crippen LogP contribution in [0, 0.1) is 34.5 Å². The van der Waals surface area contributed by atoms with Crippen LogP contribution < -0.4 is 0 Å². The largest absolute Gasteiger partial charge is 0.393 e. The smallest absolute Gasteiger partial charge is 0.155 e. The molecule has 2 heteroatoms. The Morgan fingerprint density at radius 2 is 1.87 bits per heavy atom. The van der Waals surface area contributed by atoms with Gasteiger partial charge in [-0.25, -0.2) is 0 Å². The number of fused-ring (bicyclic) bond motifs is 5. The van der Waals surface area contributed by atoms with Crippen LogP contribution in [0.1, 0.15) is 72.1 Å². The van der Waals surface area contributed by atoms with Crippen LogP contribution in [0.25, 0.3) is 0 Å². The third kappa shape index (κ3) is 2.13. The first kappa shape index (κ1) is 15.9. The van der Waals surface area contributed by atoms with Crippen molar-refractivity contribution in [2.24, 2.45) is 34.5 Å². The molecule has 0 amide bonds. The molecular weight excluding hydrogens is 284 g/mol. The molecular formula is C21H32O2. The van der Waals surface area contributed by atoms with Gasteiger partial charge < -0.3 is 5.11 Å². The highest BCUT2D eigenvalue weighted by Crippen LogP contribution is 2.66. The lowest BCUT2D eigenvalue weighted by Crippen LogP contribution is -2.51. The van der Waals surface area contributed by atoms with Crippen molar-refractivity contribution in [3.63, 3.8) is 0 Å². The van der Waals surface area contributed by atoms with E-state index < -0.39 is 0 Å². The van der Waals surface area contributed by atoms with Crippen LogP contribution in [0.15, 0.2) is 11.6 Å². The fraction of sp³-hybridized carbons (Fsp3) is 0.857. The van der Waals surface area contributed by atoms with Crippen molar-refractivity contribution >= 4 is 5.78 Å². The zero-order valence-electron chi connectivity index (χ0n) is 15.0. The number of allylic oxidation sites excluding steroid dienone is 1. The summed E-state index contributed by atoms with van der Waals surface area (Å²) in [6.45, 7) is 6.92. The minimum atomic E-state index is -0.163. The van der Waals surface area contributed by atoms with Gasteiger partial charge in [0.2, 0.25) is 0 Å². The standard InChI is InChI=1S/C21H32O2/c1-13(22)17-6-7-18-16-5-4-14-12-15(23)8-10-20(14,2)19(16)9-11-21(17,18)3/h12-13,16-19,22H,4-11H2,1-3H3/t13-,16?,17+,18?,19?,20-,21+/m0/s1. The van der Waals surface area contributed by atoms with Crippen molar-refractivity contribution in [1.29, 1.82) is 0 Å². The third-order valence-corrected chi connectivity index (χ3v) is 8.62. The number of rotatable bonds is 1. The summed E-state index contributed by atoms with van der Waals surface area (Å²) < 4.78 is 0. The first-order chi connectivity index (χ1) is 10.9. The number of aliphatic hydroxyl groups is 1. The summed E-state index contributed by atoms with van der Waals surface area (Å²) in [4.78, 5) is 11.9. The van der Waals surface area contributed by atoms with Crippen LogP contribution in [-0.4, -0.2) is 17.0 Å². The molecule has 0 aromatic heterocycles. The molecule has 0 heterocycles. The van der Waals surface area contributed by atoms with E-state index in [1.807, 2.05) is 13.0 Å². The Balaban J connectivity index is 1.66. The topological polar surface area (TPSA) is 37.3 Å². The second-order valence-corrected chi connectivity index (χ2v) is 9.44. The summed E-state index contributed by atoms with van der Waals surface area (Å²) in [5, 5.41) is 10.3. The van der Waals surface area contributed by atoms with Crippen molar-refractivity contribution in [1.82, 2.24) is 0 Å². The predicted octanol–water partition coefficient (Wildman–Crippen LogP) is 4.52. The summed E-state index contributed by atoms with van der Waals surface area (Å²) >= 11 is 0. The SMILES string of the molecule is C[C@H](O)[C@H]1CCC2C3CCC4=CC(=O)CC[C@]4(C)C3CC[C@@]21C. The number of hydrogen-bond donors (Lipinski definition) is 1. The van der Waals surface area contributed by atoms with E-state index in [2.05, 4.69) is 13.8 Å². The maximum atomic E-state index is 11.9. The summed E-state index contributed by atoms with van der Waals surface area (Å²) in [6, 6.07) is 0. The second-order valence-electron chi connectivity index (χ2n) is 9.44. The average Bonchev–Trinajstić information content (AvgIpc) is 2.85. The van der Waals surface area contributed by atoms with Gasteiger partial charge in [-0.2, -0.15) is 0 Å². The van der Waals surface area contributed by atoms with Crippen molar-refractivity contribution in [2.45, 2.75) is 78.2 Å². The summed E-state index contributed by atoms with van der Waals surface area (Å²) in [6.07, 6.45) is 11.1. The van der Waals surface area contributed by atoms with Crippen LogP contribution in [0.5, 0.6) is 0 Å². The van der Waals surface area contributed by atoms with E-state index >= 15 is 0 Å². The fourth-order valence-corrected chi connectivity index (χ4v) is 7.39. The lowest BCUT2D eigenvalue weighted by atomic mass is 9.46. The maximum absolute atomic E-state index is 11.9. The minimum absolute atomic E-state index is 0.163. The molecule has 3 fully saturated rings. The van der Waals surface area contributed by atoms with Crippen LogP contribution >= 0.6 is 0 Å². The molecule has 3 saturated carbocycles. The molecule has 128 valence electrons. The molecule has 4 aliphatic carbocycles. The zero-order chi connectivity index (χ0) is 16.4. The van der Waals surface area contributed by atoms with E-state index in [-0.39, 0.29) is 11.5 Å². The molecule has 0 aliphatic heterocycles. The van der Waals surface area contributed by atoms with Crippen LogP contribution in [0.2, 0.25) is 0 Å². The van der Waals surface area contributed by atoms with E-state index in [9.17, 15) is 9.90 Å². The molecule has 4 rings (SSSR count). The molecule has 2 nitrogen and oxygen atoms in total. The molecule has 23 heavy (non-hydrogen) atoms. The highest BCUT2D eigenvalue weighted by Gasteiger charge is 2.59. The van der Waals surface area contributed by atoms with Gasteiger partial charge in [-0.05, 0) is 92.4 Å². The highest BCUT2D eigenvalue weighted by atomic mass is 16.3. The molecule has 0 spiro atoms. The molecule has 0 bridgehead atoms. The number of aliphatic hydroxyl groups excluding tert-OH is 1. The molecule has 4 aliphatic rings. The predicted molar refractivity (Wildman–Crippen MR) is 91.9 cm³/mol. The lowest BCUT2D eigenvalue weighted by molar-refractivity contribution is -0.117. The second kappa shape index (κ2) is 5.18. The van der Waals surface area contributed by atoms with Crippen molar-refractivity contribution in [3.05, 3.63) is 11.6 Å². The zero-order valence-corrected chi connectivity index (χ0v) is 15.0. The van der Waals surface area contributed by atoms with E-state index in [1.165, 1.54) is 37.7 Å². The van der Waals surface area contributed by atoms with Crippen molar-refractivity contribution in [3.8, 4) is 0 Å². The Morgan fingerprint density at radius 1 is 1.09 bits per heavy atom. The lowest BCUT2D eigenvalue weighted by Gasteiger charge is -2.58. The van der Waals surface area contributed by atoms with E-state index in [1.54, 1.807) is 0 Å². The fourth-order valence-electron chi connectivity index (χ4n) is 7.39. The van der Waals surface area contributed by atoms with E-state index in [0.29, 0.717) is 17.1 Å². The van der Waals surface area contributed by atoms with Gasteiger partial charge in [0.15, 0.2) is 5.78 Å². The molecule has 0 radical (unpaired) electrons. The molecule has 7 atom stereocenters. The minimum Gasteiger partial charge on any atom is -0.393 e. The number of ketones is 1. The van der Waals surface area contributed by atoms with Gasteiger partial charge in [-0.1, -0.05) is 19.4 Å². The third-order valence-electron chi connectivity index (χ3n) is 8.62. The van der Waals surface area contributed by atoms with Gasteiger partial charge in [0, 0.05) is 6.42 Å². The Hall–Kier alpha value is -0.630. The Kier molecular flexibility index (Phi) is 3.58. The molecule has 1 N–H and O–H groups in total. The molecule has 0 aromatic carbocycles. The Labute approximate surface area is 140 Å². The number of carbonyl (C=O) groups is 1. The molecule has 0 aromatic rings. The van der Waals surface area contributed by atoms with Crippen LogP contribution in [0.4, 0.5) is 0 Å². The first-order valence-electron chi connectivity index (χ1n) is 9.78. The number of carbonyl (C=O) groups excluding carboxylic acids is 1. The summed E-state index contributed by atoms with van der Waals surface area (Å²) in [7, 11) is 0. The summed E-state index contributed by atoms with van der Waals surface area (Å²) in [5.74, 6) is 3.21. The van der Waals surface area contributed by atoms with E-state index in [4.69, 9.17) is 0 Å². The first-order valence-corrected chi connectivity index (χ1v) is 9.78. The Morgan fingerprint density at radius 3 is 2.61 bits per heavy atom. The highest BCUT2D eigenvalue weighted by molar-refractivity contribution is 5.91. The van der Waals surface area contributed by atoms with E-state index in [0.717, 1.165) is 37.0 Å².